The number of nitrogens with zero attached hydrogens (tertiary/aromatic N) is 3. The van der Waals surface area contributed by atoms with Crippen molar-refractivity contribution in [2.75, 3.05) is 26.0 Å². The second kappa shape index (κ2) is 11.4. The molecule has 32 heavy (non-hydrogen) atoms. The van der Waals surface area contributed by atoms with Crippen LogP contribution >= 0.6 is 23.4 Å². The minimum Gasteiger partial charge on any atom is -0.385 e. The Morgan fingerprint density at radius 2 is 2.09 bits per heavy atom. The standard InChI is InChI=1S/C23H25ClFN3O3S/c1-3-27(14-16-6-4-7-18(25)12-16)21(29)15-32-23-26-20-13-17(24)8-9-19(20)22(30)28(23)10-5-11-31-2/h4,6-9,12-13H,3,5,10-11,14-15H2,1-2H3. The van der Waals surface area contributed by atoms with Crippen molar-refractivity contribution in [3.8, 4) is 0 Å². The lowest BCUT2D eigenvalue weighted by atomic mass is 10.2. The molecule has 1 heterocycles. The first-order chi connectivity index (χ1) is 15.4. The smallest absolute Gasteiger partial charge is 0.262 e. The number of halogens is 2. The van der Waals surface area contributed by atoms with Crippen LogP contribution in [0.1, 0.15) is 18.9 Å². The maximum absolute atomic E-state index is 13.5. The predicted octanol–water partition coefficient (Wildman–Crippen LogP) is 4.37. The second-order valence-electron chi connectivity index (χ2n) is 7.19. The first-order valence-corrected chi connectivity index (χ1v) is 11.6. The van der Waals surface area contributed by atoms with Crippen LogP contribution < -0.4 is 5.56 Å². The molecular weight excluding hydrogens is 453 g/mol. The van der Waals surface area contributed by atoms with Gasteiger partial charge in [0, 0.05) is 38.4 Å². The normalized spacial score (nSPS) is 11.1. The highest BCUT2D eigenvalue weighted by molar-refractivity contribution is 7.99. The fourth-order valence-corrected chi connectivity index (χ4v) is 4.39. The molecule has 0 saturated heterocycles. The summed E-state index contributed by atoms with van der Waals surface area (Å²) in [7, 11) is 1.61. The molecule has 0 aliphatic carbocycles. The summed E-state index contributed by atoms with van der Waals surface area (Å²) in [6.07, 6.45) is 0.638. The third kappa shape index (κ3) is 6.09. The molecule has 0 saturated carbocycles. The molecule has 1 aromatic heterocycles. The number of hydrogen-bond donors (Lipinski definition) is 0. The highest BCUT2D eigenvalue weighted by Crippen LogP contribution is 2.21. The third-order valence-electron chi connectivity index (χ3n) is 4.93. The van der Waals surface area contributed by atoms with Crippen molar-refractivity contribution in [2.45, 2.75) is 31.6 Å². The summed E-state index contributed by atoms with van der Waals surface area (Å²) < 4.78 is 20.2. The minimum absolute atomic E-state index is 0.103. The lowest BCUT2D eigenvalue weighted by molar-refractivity contribution is -0.128. The summed E-state index contributed by atoms with van der Waals surface area (Å²) in [5.41, 5.74) is 1.04. The number of methoxy groups -OCH3 is 1. The van der Waals surface area contributed by atoms with Gasteiger partial charge >= 0.3 is 0 Å². The van der Waals surface area contributed by atoms with E-state index < -0.39 is 0 Å². The quantitative estimate of drug-likeness (QED) is 0.246. The number of carbonyl (C=O) groups is 1. The van der Waals surface area contributed by atoms with E-state index in [2.05, 4.69) is 4.98 Å². The fraction of sp³-hybridized carbons (Fsp3) is 0.348. The molecule has 0 spiro atoms. The number of aromatic nitrogens is 2. The summed E-state index contributed by atoms with van der Waals surface area (Å²) in [5.74, 6) is -0.350. The molecular formula is C23H25ClFN3O3S. The van der Waals surface area contributed by atoms with Crippen molar-refractivity contribution in [2.24, 2.45) is 0 Å². The largest absolute Gasteiger partial charge is 0.385 e. The summed E-state index contributed by atoms with van der Waals surface area (Å²) in [6, 6.07) is 11.2. The van der Waals surface area contributed by atoms with Crippen molar-refractivity contribution in [1.29, 1.82) is 0 Å². The monoisotopic (exact) mass is 477 g/mol. The highest BCUT2D eigenvalue weighted by atomic mass is 35.5. The van der Waals surface area contributed by atoms with Gasteiger partial charge in [-0.05, 0) is 49.2 Å². The molecule has 0 radical (unpaired) electrons. The van der Waals surface area contributed by atoms with Gasteiger partial charge in [-0.3, -0.25) is 14.2 Å². The number of amides is 1. The Hall–Kier alpha value is -2.42. The van der Waals surface area contributed by atoms with Gasteiger partial charge in [-0.25, -0.2) is 9.37 Å². The van der Waals surface area contributed by atoms with Gasteiger partial charge in [-0.1, -0.05) is 35.5 Å². The maximum Gasteiger partial charge on any atom is 0.262 e. The summed E-state index contributed by atoms with van der Waals surface area (Å²) in [5, 5.41) is 1.42. The van der Waals surface area contributed by atoms with Crippen molar-refractivity contribution in [3.05, 3.63) is 69.2 Å². The molecule has 0 aliphatic heterocycles. The molecule has 3 rings (SSSR count). The van der Waals surface area contributed by atoms with E-state index in [1.165, 1.54) is 23.9 Å². The number of carbonyl (C=O) groups excluding carboxylic acids is 1. The first-order valence-electron chi connectivity index (χ1n) is 10.3. The van der Waals surface area contributed by atoms with Gasteiger partial charge in [0.2, 0.25) is 5.91 Å². The fourth-order valence-electron chi connectivity index (χ4n) is 3.30. The van der Waals surface area contributed by atoms with Gasteiger partial charge in [0.05, 0.1) is 16.7 Å². The lowest BCUT2D eigenvalue weighted by Crippen LogP contribution is -2.32. The van der Waals surface area contributed by atoms with Gasteiger partial charge in [0.1, 0.15) is 5.82 Å². The second-order valence-corrected chi connectivity index (χ2v) is 8.56. The van der Waals surface area contributed by atoms with Gasteiger partial charge in [-0.15, -0.1) is 0 Å². The molecule has 0 aliphatic rings. The van der Waals surface area contributed by atoms with Gasteiger partial charge < -0.3 is 9.64 Å². The van der Waals surface area contributed by atoms with Gasteiger partial charge in [0.25, 0.3) is 5.56 Å². The molecule has 3 aromatic rings. The first kappa shape index (κ1) is 24.2. The van der Waals surface area contributed by atoms with Crippen LogP contribution in [0.4, 0.5) is 4.39 Å². The molecule has 2 aromatic carbocycles. The Morgan fingerprint density at radius 1 is 1.28 bits per heavy atom. The Balaban J connectivity index is 1.81. The molecule has 6 nitrogen and oxygen atoms in total. The number of benzene rings is 2. The number of thioether (sulfide) groups is 1. The zero-order valence-electron chi connectivity index (χ0n) is 18.0. The summed E-state index contributed by atoms with van der Waals surface area (Å²) in [4.78, 5) is 32.2. The van der Waals surface area contributed by atoms with Crippen LogP contribution in [0.5, 0.6) is 0 Å². The molecule has 0 fully saturated rings. The van der Waals surface area contributed by atoms with Crippen LogP contribution in [0.3, 0.4) is 0 Å². The van der Waals surface area contributed by atoms with Crippen LogP contribution in [0.2, 0.25) is 5.02 Å². The minimum atomic E-state index is -0.334. The van der Waals surface area contributed by atoms with Gasteiger partial charge in [-0.2, -0.15) is 0 Å². The molecule has 1 amide bonds. The topological polar surface area (TPSA) is 64.4 Å². The predicted molar refractivity (Wildman–Crippen MR) is 126 cm³/mol. The van der Waals surface area contributed by atoms with E-state index in [1.54, 1.807) is 46.9 Å². The third-order valence-corrected chi connectivity index (χ3v) is 6.13. The van der Waals surface area contributed by atoms with E-state index in [1.807, 2.05) is 6.92 Å². The van der Waals surface area contributed by atoms with Crippen molar-refractivity contribution in [1.82, 2.24) is 14.5 Å². The molecule has 0 bridgehead atoms. The highest BCUT2D eigenvalue weighted by Gasteiger charge is 2.17. The number of hydrogen-bond acceptors (Lipinski definition) is 5. The Labute approximate surface area is 195 Å². The SMILES string of the molecule is CCN(Cc1cccc(F)c1)C(=O)CSc1nc2cc(Cl)ccc2c(=O)n1CCCOC. The Kier molecular flexibility index (Phi) is 8.67. The number of fused-ring (bicyclic) bond motifs is 1. The average Bonchev–Trinajstić information content (AvgIpc) is 2.77. The van der Waals surface area contributed by atoms with E-state index >= 15 is 0 Å². The van der Waals surface area contributed by atoms with E-state index in [9.17, 15) is 14.0 Å². The zero-order valence-corrected chi connectivity index (χ0v) is 19.6. The molecule has 9 heteroatoms. The molecule has 0 atom stereocenters. The van der Waals surface area contributed by atoms with E-state index in [0.717, 1.165) is 5.56 Å². The van der Waals surface area contributed by atoms with E-state index in [0.29, 0.717) is 53.7 Å². The van der Waals surface area contributed by atoms with Crippen LogP contribution in [0, 0.1) is 5.82 Å². The van der Waals surface area contributed by atoms with Crippen molar-refractivity contribution in [3.63, 3.8) is 0 Å². The summed E-state index contributed by atoms with van der Waals surface area (Å²) in [6.45, 7) is 3.60. The molecule has 0 unspecified atom stereocenters. The van der Waals surface area contributed by atoms with Crippen molar-refractivity contribution < 1.29 is 13.9 Å². The Morgan fingerprint density at radius 3 is 2.81 bits per heavy atom. The van der Waals surface area contributed by atoms with Gasteiger partial charge in [0.15, 0.2) is 5.16 Å². The summed E-state index contributed by atoms with van der Waals surface area (Å²) >= 11 is 7.29. The van der Waals surface area contributed by atoms with Crippen molar-refractivity contribution >= 4 is 40.2 Å². The average molecular weight is 478 g/mol. The number of ether oxygens (including phenoxy) is 1. The van der Waals surface area contributed by atoms with Crippen LogP contribution in [0.25, 0.3) is 10.9 Å². The van der Waals surface area contributed by atoms with E-state index in [-0.39, 0.29) is 23.0 Å². The zero-order chi connectivity index (χ0) is 23.1. The number of rotatable bonds is 10. The lowest BCUT2D eigenvalue weighted by Gasteiger charge is -2.21. The molecule has 0 N–H and O–H groups in total. The van der Waals surface area contributed by atoms with Crippen LogP contribution in [-0.2, 0) is 22.6 Å². The van der Waals surface area contributed by atoms with Crippen LogP contribution in [-0.4, -0.2) is 46.4 Å². The van der Waals surface area contributed by atoms with Crippen LogP contribution in [0.15, 0.2) is 52.4 Å². The Bertz CT molecular complexity index is 1160. The van der Waals surface area contributed by atoms with E-state index in [4.69, 9.17) is 16.3 Å². The maximum atomic E-state index is 13.5. The molecule has 170 valence electrons.